The molecule has 19 heavy (non-hydrogen) atoms. The molecule has 1 aromatic carbocycles. The molecule has 0 radical (unpaired) electrons. The van der Waals surface area contributed by atoms with Crippen LogP contribution in [0.25, 0.3) is 0 Å². The van der Waals surface area contributed by atoms with E-state index in [4.69, 9.17) is 14.6 Å². The summed E-state index contributed by atoms with van der Waals surface area (Å²) >= 11 is 0. The van der Waals surface area contributed by atoms with Gasteiger partial charge in [0.1, 0.15) is 6.07 Å². The zero-order valence-corrected chi connectivity index (χ0v) is 12.1. The number of hydrogen-bond donors (Lipinski definition) is 1. The van der Waals surface area contributed by atoms with Crippen molar-refractivity contribution >= 4 is 18.3 Å². The van der Waals surface area contributed by atoms with E-state index in [1.54, 1.807) is 13.1 Å². The van der Waals surface area contributed by atoms with Crippen LogP contribution in [0.4, 0.5) is 5.69 Å². The number of rotatable bonds is 2. The van der Waals surface area contributed by atoms with Gasteiger partial charge in [-0.2, -0.15) is 5.26 Å². The Morgan fingerprint density at radius 1 is 1.16 bits per heavy atom. The third-order valence-corrected chi connectivity index (χ3v) is 3.96. The second-order valence-corrected chi connectivity index (χ2v) is 5.76. The smallest absolute Gasteiger partial charge is 0.399 e. The first-order valence-corrected chi connectivity index (χ1v) is 6.38. The number of benzene rings is 1. The summed E-state index contributed by atoms with van der Waals surface area (Å²) in [6, 6.07) is 7.72. The van der Waals surface area contributed by atoms with Crippen molar-refractivity contribution in [2.75, 3.05) is 12.4 Å². The normalized spacial score (nSPS) is 20.1. The average Bonchev–Trinajstić information content (AvgIpc) is 2.57. The lowest BCUT2D eigenvalue weighted by molar-refractivity contribution is 0.00578. The lowest BCUT2D eigenvalue weighted by atomic mass is 9.78. The van der Waals surface area contributed by atoms with Crippen LogP contribution in [0, 0.1) is 11.3 Å². The molecule has 1 aliphatic heterocycles. The highest BCUT2D eigenvalue weighted by molar-refractivity contribution is 6.62. The molecule has 1 aliphatic rings. The van der Waals surface area contributed by atoms with E-state index >= 15 is 0 Å². The van der Waals surface area contributed by atoms with Gasteiger partial charge in [-0.25, -0.2) is 0 Å². The van der Waals surface area contributed by atoms with E-state index in [9.17, 15) is 0 Å². The number of nitrogens with zero attached hydrogens (tertiary/aromatic N) is 1. The van der Waals surface area contributed by atoms with E-state index in [1.807, 2.05) is 39.8 Å². The topological polar surface area (TPSA) is 54.3 Å². The Bertz CT molecular complexity index is 519. The fourth-order valence-electron chi connectivity index (χ4n) is 1.99. The SMILES string of the molecule is CNc1cc(B2OC(C)(C)C(C)(C)O2)ccc1C#N. The first-order valence-electron chi connectivity index (χ1n) is 6.38. The maximum absolute atomic E-state index is 9.02. The monoisotopic (exact) mass is 258 g/mol. The molecular weight excluding hydrogens is 239 g/mol. The second-order valence-electron chi connectivity index (χ2n) is 5.76. The van der Waals surface area contributed by atoms with Gasteiger partial charge in [0.15, 0.2) is 0 Å². The van der Waals surface area contributed by atoms with Gasteiger partial charge in [0.05, 0.1) is 22.5 Å². The molecule has 1 N–H and O–H groups in total. The Hall–Kier alpha value is -1.51. The quantitative estimate of drug-likeness (QED) is 0.823. The fourth-order valence-corrected chi connectivity index (χ4v) is 1.99. The van der Waals surface area contributed by atoms with Gasteiger partial charge in [-0.3, -0.25) is 0 Å². The van der Waals surface area contributed by atoms with Crippen molar-refractivity contribution in [3.63, 3.8) is 0 Å². The summed E-state index contributed by atoms with van der Waals surface area (Å²) in [4.78, 5) is 0. The Kier molecular flexibility index (Phi) is 3.33. The van der Waals surface area contributed by atoms with Crippen molar-refractivity contribution in [2.45, 2.75) is 38.9 Å². The van der Waals surface area contributed by atoms with Crippen LogP contribution in [0.5, 0.6) is 0 Å². The molecule has 1 saturated heterocycles. The summed E-state index contributed by atoms with van der Waals surface area (Å²) < 4.78 is 12.0. The van der Waals surface area contributed by atoms with Gasteiger partial charge in [-0.1, -0.05) is 6.07 Å². The van der Waals surface area contributed by atoms with E-state index < -0.39 is 7.12 Å². The summed E-state index contributed by atoms with van der Waals surface area (Å²) in [5.41, 5.74) is 1.61. The molecule has 100 valence electrons. The first kappa shape index (κ1) is 13.9. The number of hydrogen-bond acceptors (Lipinski definition) is 4. The van der Waals surface area contributed by atoms with Crippen LogP contribution < -0.4 is 10.8 Å². The Balaban J connectivity index is 2.33. The first-order chi connectivity index (χ1) is 8.80. The van der Waals surface area contributed by atoms with E-state index in [1.165, 1.54) is 0 Å². The van der Waals surface area contributed by atoms with Gasteiger partial charge in [0, 0.05) is 7.05 Å². The Labute approximate surface area is 114 Å². The molecule has 1 aromatic rings. The third-order valence-electron chi connectivity index (χ3n) is 3.96. The number of anilines is 1. The Morgan fingerprint density at radius 2 is 1.74 bits per heavy atom. The molecule has 0 atom stereocenters. The van der Waals surface area contributed by atoms with Crippen LogP contribution in [0.15, 0.2) is 18.2 Å². The summed E-state index contributed by atoms with van der Waals surface area (Å²) in [6.07, 6.45) is 0. The van der Waals surface area contributed by atoms with Gasteiger partial charge in [0.25, 0.3) is 0 Å². The van der Waals surface area contributed by atoms with Gasteiger partial charge in [-0.15, -0.1) is 0 Å². The van der Waals surface area contributed by atoms with E-state index in [-0.39, 0.29) is 11.2 Å². The zero-order valence-electron chi connectivity index (χ0n) is 12.1. The molecule has 0 amide bonds. The lowest BCUT2D eigenvalue weighted by Gasteiger charge is -2.32. The molecule has 0 unspecified atom stereocenters. The maximum atomic E-state index is 9.02. The highest BCUT2D eigenvalue weighted by Crippen LogP contribution is 2.36. The van der Waals surface area contributed by atoms with Gasteiger partial charge < -0.3 is 14.6 Å². The molecule has 2 rings (SSSR count). The van der Waals surface area contributed by atoms with Crippen LogP contribution in [0.2, 0.25) is 0 Å². The van der Waals surface area contributed by atoms with Gasteiger partial charge in [0.2, 0.25) is 0 Å². The van der Waals surface area contributed by atoms with Crippen LogP contribution in [-0.2, 0) is 9.31 Å². The van der Waals surface area contributed by atoms with Crippen molar-refractivity contribution in [3.05, 3.63) is 23.8 Å². The molecular formula is C14H19BN2O2. The molecule has 0 saturated carbocycles. The van der Waals surface area contributed by atoms with Crippen molar-refractivity contribution in [1.82, 2.24) is 0 Å². The molecule has 0 spiro atoms. The summed E-state index contributed by atoms with van der Waals surface area (Å²) in [5, 5.41) is 12.0. The Morgan fingerprint density at radius 3 is 2.21 bits per heavy atom. The maximum Gasteiger partial charge on any atom is 0.494 e. The number of nitrogens with one attached hydrogen (secondary N) is 1. The molecule has 4 nitrogen and oxygen atoms in total. The van der Waals surface area contributed by atoms with Gasteiger partial charge >= 0.3 is 7.12 Å². The van der Waals surface area contributed by atoms with E-state index in [2.05, 4.69) is 11.4 Å². The molecule has 1 heterocycles. The van der Waals surface area contributed by atoms with Crippen LogP contribution in [0.1, 0.15) is 33.3 Å². The molecule has 5 heteroatoms. The predicted molar refractivity (Wildman–Crippen MR) is 76.4 cm³/mol. The summed E-state index contributed by atoms with van der Waals surface area (Å²) in [6.45, 7) is 8.09. The van der Waals surface area contributed by atoms with Crippen LogP contribution >= 0.6 is 0 Å². The second kappa shape index (κ2) is 4.55. The predicted octanol–water partition coefficient (Wildman–Crippen LogP) is 1.90. The average molecular weight is 258 g/mol. The highest BCUT2D eigenvalue weighted by Gasteiger charge is 2.51. The molecule has 0 bridgehead atoms. The zero-order chi connectivity index (χ0) is 14.3. The lowest BCUT2D eigenvalue weighted by Crippen LogP contribution is -2.41. The molecule has 0 aromatic heterocycles. The fraction of sp³-hybridized carbons (Fsp3) is 0.500. The van der Waals surface area contributed by atoms with Crippen molar-refractivity contribution < 1.29 is 9.31 Å². The summed E-state index contributed by atoms with van der Waals surface area (Å²) in [5.74, 6) is 0. The van der Waals surface area contributed by atoms with E-state index in [0.717, 1.165) is 11.2 Å². The van der Waals surface area contributed by atoms with Crippen molar-refractivity contribution in [1.29, 1.82) is 5.26 Å². The van der Waals surface area contributed by atoms with E-state index in [0.29, 0.717) is 5.56 Å². The molecule has 1 fully saturated rings. The van der Waals surface area contributed by atoms with Gasteiger partial charge in [-0.05, 0) is 45.3 Å². The summed E-state index contributed by atoms with van der Waals surface area (Å²) in [7, 11) is 1.40. The minimum absolute atomic E-state index is 0.356. The minimum atomic E-state index is -0.398. The van der Waals surface area contributed by atoms with Crippen molar-refractivity contribution in [3.8, 4) is 6.07 Å². The molecule has 0 aliphatic carbocycles. The van der Waals surface area contributed by atoms with Crippen LogP contribution in [-0.4, -0.2) is 25.4 Å². The standard InChI is InChI=1S/C14H19BN2O2/c1-13(2)14(3,4)19-15(18-13)11-7-6-10(9-16)12(8-11)17-5/h6-8,17H,1-5H3. The van der Waals surface area contributed by atoms with Crippen molar-refractivity contribution in [2.24, 2.45) is 0 Å². The highest BCUT2D eigenvalue weighted by atomic mass is 16.7. The minimum Gasteiger partial charge on any atom is -0.399 e. The van der Waals surface area contributed by atoms with Crippen LogP contribution in [0.3, 0.4) is 0 Å². The third kappa shape index (κ3) is 2.34. The number of nitriles is 1. The largest absolute Gasteiger partial charge is 0.494 e.